The lowest BCUT2D eigenvalue weighted by molar-refractivity contribution is -0.432. The number of nitro groups is 2. The number of carbonyl (C=O) groups excluding carboxylic acids is 1. The van der Waals surface area contributed by atoms with Crippen LogP contribution in [-0.4, -0.2) is 16.1 Å². The Morgan fingerprint density at radius 3 is 2.11 bits per heavy atom. The molecule has 0 bridgehead atoms. The molecule has 0 saturated heterocycles. The highest BCUT2D eigenvalue weighted by atomic mass is 16.6. The van der Waals surface area contributed by atoms with Crippen molar-refractivity contribution < 1.29 is 14.6 Å². The highest BCUT2D eigenvalue weighted by Gasteiger charge is 2.12. The van der Waals surface area contributed by atoms with E-state index in [0.717, 1.165) is 38.5 Å². The van der Waals surface area contributed by atoms with Crippen molar-refractivity contribution in [3.05, 3.63) is 68.1 Å². The Balaban J connectivity index is 4.13. The lowest BCUT2D eigenvalue weighted by Crippen LogP contribution is -2.01. The summed E-state index contributed by atoms with van der Waals surface area (Å²) in [5.74, 6) is 0. The van der Waals surface area contributed by atoms with E-state index in [4.69, 9.17) is 0 Å². The summed E-state index contributed by atoms with van der Waals surface area (Å²) in [5.41, 5.74) is -0.0410. The molecule has 0 aliphatic carbocycles. The smallest absolute Gasteiger partial charge is 0.246 e. The highest BCUT2D eigenvalue weighted by Crippen LogP contribution is 2.11. The first-order chi connectivity index (χ1) is 13.0. The second-order valence-corrected chi connectivity index (χ2v) is 5.97. The summed E-state index contributed by atoms with van der Waals surface area (Å²) in [4.78, 5) is 30.8. The van der Waals surface area contributed by atoms with Crippen LogP contribution in [0.25, 0.3) is 0 Å². The van der Waals surface area contributed by atoms with Crippen molar-refractivity contribution in [3.63, 3.8) is 0 Å². The lowest BCUT2D eigenvalue weighted by atomic mass is 10.1. The van der Waals surface area contributed by atoms with E-state index in [-0.39, 0.29) is 24.2 Å². The predicted octanol–water partition coefficient (Wildman–Crippen LogP) is 5.45. The van der Waals surface area contributed by atoms with Crippen molar-refractivity contribution in [2.24, 2.45) is 0 Å². The minimum absolute atomic E-state index is 0.00880. The normalized spacial score (nSPS) is 12.8. The summed E-state index contributed by atoms with van der Waals surface area (Å²) in [7, 11) is 0. The van der Waals surface area contributed by atoms with Gasteiger partial charge in [-0.15, -0.1) is 0 Å². The quantitative estimate of drug-likeness (QED) is 0.154. The van der Waals surface area contributed by atoms with Crippen LogP contribution < -0.4 is 0 Å². The van der Waals surface area contributed by atoms with Crippen molar-refractivity contribution in [2.75, 3.05) is 0 Å². The summed E-state index contributed by atoms with van der Waals surface area (Å²) in [6.07, 6.45) is 19.7. The number of hydrogen-bond donors (Lipinski definition) is 0. The van der Waals surface area contributed by atoms with Crippen LogP contribution in [0.3, 0.4) is 0 Å². The number of allylic oxidation sites excluding steroid dienone is 7. The van der Waals surface area contributed by atoms with Gasteiger partial charge in [0.2, 0.25) is 11.4 Å². The van der Waals surface area contributed by atoms with Crippen molar-refractivity contribution in [2.45, 2.75) is 71.1 Å². The minimum Gasteiger partial charge on any atom is -0.291 e. The molecule has 0 fully saturated rings. The number of rotatable bonds is 16. The fraction of sp³-hybridized carbons (Fsp3) is 0.550. The second kappa shape index (κ2) is 16.9. The lowest BCUT2D eigenvalue weighted by Gasteiger charge is -1.96. The van der Waals surface area contributed by atoms with Gasteiger partial charge in [0.25, 0.3) is 0 Å². The molecule has 7 heteroatoms. The van der Waals surface area contributed by atoms with E-state index in [9.17, 15) is 25.0 Å². The molecule has 0 spiro atoms. The van der Waals surface area contributed by atoms with E-state index in [1.54, 1.807) is 6.92 Å². The van der Waals surface area contributed by atoms with E-state index in [0.29, 0.717) is 12.8 Å². The summed E-state index contributed by atoms with van der Waals surface area (Å²) in [6, 6.07) is 0. The Hall–Kier alpha value is -2.57. The van der Waals surface area contributed by atoms with Crippen LogP contribution in [0.15, 0.2) is 47.9 Å². The Morgan fingerprint density at radius 2 is 1.48 bits per heavy atom. The van der Waals surface area contributed by atoms with Gasteiger partial charge in [-0.1, -0.05) is 44.1 Å². The Labute approximate surface area is 160 Å². The van der Waals surface area contributed by atoms with Crippen molar-refractivity contribution in [3.8, 4) is 0 Å². The molecule has 0 unspecified atom stereocenters. The van der Waals surface area contributed by atoms with Crippen LogP contribution >= 0.6 is 0 Å². The maximum absolute atomic E-state index is 11.0. The van der Waals surface area contributed by atoms with Gasteiger partial charge in [0.15, 0.2) is 6.29 Å². The third-order valence-electron chi connectivity index (χ3n) is 3.87. The molecule has 27 heavy (non-hydrogen) atoms. The molecule has 0 heterocycles. The fourth-order valence-electron chi connectivity index (χ4n) is 2.30. The van der Waals surface area contributed by atoms with Gasteiger partial charge in [-0.3, -0.25) is 25.0 Å². The molecule has 0 saturated carbocycles. The standard InChI is InChI=1S/C20H29N2O5/c1-2-19(21(24)25)16-17-20(22(26)27)15-13-11-9-7-5-3-4-6-8-10-12-14-18-23/h3,5,9,11,15-16H,2,4,6-8,10,12-14,17H2,1H3/b5-3+,11-9+,19-16-,20-15-. The predicted molar refractivity (Wildman–Crippen MR) is 106 cm³/mol. The first-order valence-corrected chi connectivity index (χ1v) is 9.34. The Bertz CT molecular complexity index is 577. The summed E-state index contributed by atoms with van der Waals surface area (Å²) < 4.78 is 0. The summed E-state index contributed by atoms with van der Waals surface area (Å²) in [5, 5.41) is 21.7. The first kappa shape index (κ1) is 24.4. The van der Waals surface area contributed by atoms with Crippen LogP contribution in [0, 0.1) is 20.2 Å². The van der Waals surface area contributed by atoms with Crippen molar-refractivity contribution in [1.29, 1.82) is 0 Å². The molecule has 0 aliphatic heterocycles. The van der Waals surface area contributed by atoms with Gasteiger partial charge in [0, 0.05) is 12.8 Å². The molecule has 0 aromatic carbocycles. The highest BCUT2D eigenvalue weighted by molar-refractivity contribution is 5.50. The molecule has 0 aromatic heterocycles. The molecular weight excluding hydrogens is 348 g/mol. The average Bonchev–Trinajstić information content (AvgIpc) is 2.63. The van der Waals surface area contributed by atoms with Gasteiger partial charge in [-0.05, 0) is 44.3 Å². The van der Waals surface area contributed by atoms with E-state index >= 15 is 0 Å². The molecule has 7 nitrogen and oxygen atoms in total. The molecule has 0 atom stereocenters. The maximum atomic E-state index is 11.0. The largest absolute Gasteiger partial charge is 0.291 e. The Morgan fingerprint density at radius 1 is 0.852 bits per heavy atom. The van der Waals surface area contributed by atoms with Crippen molar-refractivity contribution >= 4 is 6.29 Å². The van der Waals surface area contributed by atoms with Crippen LogP contribution in [0.4, 0.5) is 0 Å². The van der Waals surface area contributed by atoms with Gasteiger partial charge in [0.1, 0.15) is 0 Å². The zero-order chi connectivity index (χ0) is 20.3. The second-order valence-electron chi connectivity index (χ2n) is 5.97. The number of nitrogens with zero attached hydrogens (tertiary/aromatic N) is 2. The van der Waals surface area contributed by atoms with Gasteiger partial charge < -0.3 is 0 Å². The third kappa shape index (κ3) is 14.3. The number of hydrogen-bond acceptors (Lipinski definition) is 5. The topological polar surface area (TPSA) is 103 Å². The van der Waals surface area contributed by atoms with Gasteiger partial charge in [-0.25, -0.2) is 0 Å². The van der Waals surface area contributed by atoms with Gasteiger partial charge in [0.05, 0.1) is 16.3 Å². The molecule has 149 valence electrons. The SMILES string of the molecule is CC/C(=C/C/C(=C/C/C=C/C/C=C/CCCCCC[C]=O)[N+](=O)[O-])[N+](=O)[O-]. The van der Waals surface area contributed by atoms with Crippen LogP contribution in [0.1, 0.15) is 71.1 Å². The van der Waals surface area contributed by atoms with Crippen molar-refractivity contribution in [1.82, 2.24) is 0 Å². The fourth-order valence-corrected chi connectivity index (χ4v) is 2.30. The molecule has 0 aliphatic rings. The summed E-state index contributed by atoms with van der Waals surface area (Å²) in [6.45, 7) is 1.65. The molecule has 0 N–H and O–H groups in total. The van der Waals surface area contributed by atoms with Crippen LogP contribution in [0.5, 0.6) is 0 Å². The van der Waals surface area contributed by atoms with Gasteiger partial charge >= 0.3 is 0 Å². The first-order valence-electron chi connectivity index (χ1n) is 9.34. The third-order valence-corrected chi connectivity index (χ3v) is 3.87. The van der Waals surface area contributed by atoms with E-state index in [2.05, 4.69) is 12.2 Å². The van der Waals surface area contributed by atoms with Crippen LogP contribution in [-0.2, 0) is 4.79 Å². The zero-order valence-corrected chi connectivity index (χ0v) is 16.0. The van der Waals surface area contributed by atoms with Gasteiger partial charge in [-0.2, -0.15) is 0 Å². The average molecular weight is 377 g/mol. The molecular formula is C20H29N2O5. The van der Waals surface area contributed by atoms with E-state index < -0.39 is 9.85 Å². The Kier molecular flexibility index (Phi) is 15.3. The zero-order valence-electron chi connectivity index (χ0n) is 16.0. The van der Waals surface area contributed by atoms with Crippen LogP contribution in [0.2, 0.25) is 0 Å². The molecule has 1 radical (unpaired) electrons. The molecule has 0 aromatic rings. The number of unbranched alkanes of at least 4 members (excludes halogenated alkanes) is 5. The minimum atomic E-state index is -0.506. The van der Waals surface area contributed by atoms with E-state index in [1.165, 1.54) is 12.2 Å². The monoisotopic (exact) mass is 377 g/mol. The van der Waals surface area contributed by atoms with E-state index in [1.807, 2.05) is 18.4 Å². The molecule has 0 amide bonds. The molecule has 0 rings (SSSR count). The maximum Gasteiger partial charge on any atom is 0.246 e. The summed E-state index contributed by atoms with van der Waals surface area (Å²) >= 11 is 0.